The zero-order chi connectivity index (χ0) is 18.5. The summed E-state index contributed by atoms with van der Waals surface area (Å²) in [5.74, 6) is 0.502. The van der Waals surface area contributed by atoms with Gasteiger partial charge in [0, 0.05) is 18.8 Å². The molecule has 1 unspecified atom stereocenters. The minimum Gasteiger partial charge on any atom is -0.497 e. The van der Waals surface area contributed by atoms with E-state index in [4.69, 9.17) is 4.74 Å². The molecule has 7 heteroatoms. The van der Waals surface area contributed by atoms with Gasteiger partial charge in [0.2, 0.25) is 15.9 Å². The van der Waals surface area contributed by atoms with E-state index in [-0.39, 0.29) is 17.3 Å². The second-order valence-corrected chi connectivity index (χ2v) is 8.79. The van der Waals surface area contributed by atoms with Crippen molar-refractivity contribution in [3.63, 3.8) is 0 Å². The van der Waals surface area contributed by atoms with E-state index < -0.39 is 15.4 Å². The molecule has 0 bridgehead atoms. The van der Waals surface area contributed by atoms with Gasteiger partial charge in [-0.05, 0) is 49.2 Å². The lowest BCUT2D eigenvalue weighted by Gasteiger charge is -2.23. The third kappa shape index (κ3) is 2.42. The number of benzene rings is 2. The fraction of sp³-hybridized carbons (Fsp3) is 0.316. The monoisotopic (exact) mass is 372 g/mol. The second-order valence-electron chi connectivity index (χ2n) is 6.85. The Hall–Kier alpha value is -2.38. The Morgan fingerprint density at radius 2 is 1.88 bits per heavy atom. The smallest absolute Gasteiger partial charge is 0.243 e. The lowest BCUT2D eigenvalue weighted by atomic mass is 9.81. The van der Waals surface area contributed by atoms with Crippen LogP contribution in [0.4, 0.5) is 5.69 Å². The number of hydrogen-bond acceptors (Lipinski definition) is 4. The molecule has 0 aliphatic carbocycles. The summed E-state index contributed by atoms with van der Waals surface area (Å²) in [6, 6.07) is 12.2. The fourth-order valence-electron chi connectivity index (χ4n) is 3.76. The third-order valence-corrected chi connectivity index (χ3v) is 7.18. The van der Waals surface area contributed by atoms with Crippen LogP contribution < -0.4 is 10.1 Å². The van der Waals surface area contributed by atoms with Gasteiger partial charge >= 0.3 is 0 Å². The molecule has 2 aromatic carbocycles. The molecule has 2 heterocycles. The van der Waals surface area contributed by atoms with E-state index in [1.54, 1.807) is 43.5 Å². The van der Waals surface area contributed by atoms with Crippen molar-refractivity contribution < 1.29 is 17.9 Å². The van der Waals surface area contributed by atoms with Gasteiger partial charge in [0.05, 0.1) is 17.4 Å². The van der Waals surface area contributed by atoms with E-state index >= 15 is 0 Å². The third-order valence-electron chi connectivity index (χ3n) is 5.32. The highest BCUT2D eigenvalue weighted by atomic mass is 32.2. The van der Waals surface area contributed by atoms with Crippen molar-refractivity contribution in [1.29, 1.82) is 0 Å². The number of hydrogen-bond donors (Lipinski definition) is 1. The molecule has 0 aromatic heterocycles. The molecular formula is C19H20N2O4S. The van der Waals surface area contributed by atoms with E-state index in [0.717, 1.165) is 16.8 Å². The largest absolute Gasteiger partial charge is 0.497 e. The SMILES string of the molecule is COc1ccc2c(c1)C1(CCN(S(=O)(=O)c3ccc(C)cc3)C1)C(=O)N2. The average Bonchev–Trinajstić information content (AvgIpc) is 3.19. The molecule has 1 fully saturated rings. The van der Waals surface area contributed by atoms with Crippen molar-refractivity contribution >= 4 is 21.6 Å². The first kappa shape index (κ1) is 17.1. The standard InChI is InChI=1S/C19H20N2O4S/c1-13-3-6-15(7-4-13)26(23,24)21-10-9-19(12-21)16-11-14(25-2)5-8-17(16)20-18(19)22/h3-8,11H,9-10,12H2,1-2H3,(H,20,22). The zero-order valence-electron chi connectivity index (χ0n) is 14.7. The summed E-state index contributed by atoms with van der Waals surface area (Å²) >= 11 is 0. The van der Waals surface area contributed by atoms with E-state index in [1.165, 1.54) is 4.31 Å². The van der Waals surface area contributed by atoms with Crippen LogP contribution in [0.5, 0.6) is 5.75 Å². The summed E-state index contributed by atoms with van der Waals surface area (Å²) in [7, 11) is -2.07. The van der Waals surface area contributed by atoms with Gasteiger partial charge in [-0.3, -0.25) is 4.79 Å². The molecule has 2 aliphatic rings. The maximum absolute atomic E-state index is 13.0. The Labute approximate surface area is 152 Å². The molecule has 2 aromatic rings. The molecule has 4 rings (SSSR count). The van der Waals surface area contributed by atoms with E-state index in [9.17, 15) is 13.2 Å². The topological polar surface area (TPSA) is 75.7 Å². The molecule has 26 heavy (non-hydrogen) atoms. The number of ether oxygens (including phenoxy) is 1. The van der Waals surface area contributed by atoms with Crippen LogP contribution in [0.15, 0.2) is 47.4 Å². The number of nitrogens with one attached hydrogen (secondary N) is 1. The van der Waals surface area contributed by atoms with Crippen molar-refractivity contribution in [2.24, 2.45) is 0 Å². The predicted octanol–water partition coefficient (Wildman–Crippen LogP) is 2.29. The molecule has 1 atom stereocenters. The summed E-state index contributed by atoms with van der Waals surface area (Å²) in [4.78, 5) is 13.0. The van der Waals surface area contributed by atoms with E-state index in [1.807, 2.05) is 13.0 Å². The maximum atomic E-state index is 13.0. The van der Waals surface area contributed by atoms with Gasteiger partial charge < -0.3 is 10.1 Å². The number of anilines is 1. The molecule has 0 saturated carbocycles. The van der Waals surface area contributed by atoms with Crippen LogP contribution in [0.1, 0.15) is 17.5 Å². The lowest BCUT2D eigenvalue weighted by molar-refractivity contribution is -0.120. The molecule has 1 N–H and O–H groups in total. The van der Waals surface area contributed by atoms with Crippen LogP contribution in [0.3, 0.4) is 0 Å². The number of aryl methyl sites for hydroxylation is 1. The minimum atomic E-state index is -3.64. The van der Waals surface area contributed by atoms with Crippen molar-refractivity contribution in [3.05, 3.63) is 53.6 Å². The normalized spacial score (nSPS) is 22.5. The number of amides is 1. The van der Waals surface area contributed by atoms with Gasteiger partial charge in [-0.15, -0.1) is 0 Å². The Bertz CT molecular complexity index is 985. The van der Waals surface area contributed by atoms with Gasteiger partial charge in [-0.25, -0.2) is 8.42 Å². The maximum Gasteiger partial charge on any atom is 0.243 e. The van der Waals surface area contributed by atoms with E-state index in [2.05, 4.69) is 5.32 Å². The van der Waals surface area contributed by atoms with Crippen LogP contribution in [0.2, 0.25) is 0 Å². The van der Waals surface area contributed by atoms with Gasteiger partial charge in [0.25, 0.3) is 0 Å². The first-order valence-corrected chi connectivity index (χ1v) is 9.88. The zero-order valence-corrected chi connectivity index (χ0v) is 15.5. The molecule has 1 saturated heterocycles. The predicted molar refractivity (Wildman–Crippen MR) is 97.9 cm³/mol. The van der Waals surface area contributed by atoms with Gasteiger partial charge in [0.15, 0.2) is 0 Å². The van der Waals surface area contributed by atoms with Crippen LogP contribution in [-0.2, 0) is 20.2 Å². The number of fused-ring (bicyclic) bond motifs is 2. The number of carbonyl (C=O) groups excluding carboxylic acids is 1. The number of nitrogens with zero attached hydrogens (tertiary/aromatic N) is 1. The number of carbonyl (C=O) groups is 1. The Morgan fingerprint density at radius 3 is 2.58 bits per heavy atom. The number of sulfonamides is 1. The minimum absolute atomic E-state index is 0.134. The summed E-state index contributed by atoms with van der Waals surface area (Å²) in [5, 5.41) is 2.88. The highest BCUT2D eigenvalue weighted by molar-refractivity contribution is 7.89. The Balaban J connectivity index is 1.71. The Kier molecular flexibility index (Phi) is 3.82. The Morgan fingerprint density at radius 1 is 1.15 bits per heavy atom. The van der Waals surface area contributed by atoms with Crippen LogP contribution in [0.25, 0.3) is 0 Å². The first-order chi connectivity index (χ1) is 12.4. The molecule has 2 aliphatic heterocycles. The molecule has 136 valence electrons. The first-order valence-electron chi connectivity index (χ1n) is 8.44. The molecule has 0 radical (unpaired) electrons. The van der Waals surface area contributed by atoms with Gasteiger partial charge in [0.1, 0.15) is 5.75 Å². The molecule has 6 nitrogen and oxygen atoms in total. The van der Waals surface area contributed by atoms with Crippen LogP contribution in [0, 0.1) is 6.92 Å². The highest BCUT2D eigenvalue weighted by Crippen LogP contribution is 2.46. The van der Waals surface area contributed by atoms with Gasteiger partial charge in [-0.1, -0.05) is 17.7 Å². The second kappa shape index (κ2) is 5.82. The summed E-state index contributed by atoms with van der Waals surface area (Å²) in [6.45, 7) is 2.35. The van der Waals surface area contributed by atoms with E-state index in [0.29, 0.717) is 18.7 Å². The summed E-state index contributed by atoms with van der Waals surface area (Å²) in [6.07, 6.45) is 0.449. The fourth-order valence-corrected chi connectivity index (χ4v) is 5.26. The molecular weight excluding hydrogens is 352 g/mol. The van der Waals surface area contributed by atoms with Crippen LogP contribution >= 0.6 is 0 Å². The van der Waals surface area contributed by atoms with Crippen molar-refractivity contribution in [2.75, 3.05) is 25.5 Å². The highest BCUT2D eigenvalue weighted by Gasteiger charge is 2.53. The van der Waals surface area contributed by atoms with Gasteiger partial charge in [-0.2, -0.15) is 4.31 Å². The summed E-state index contributed by atoms with van der Waals surface area (Å²) in [5.41, 5.74) is 1.67. The van der Waals surface area contributed by atoms with Crippen molar-refractivity contribution in [1.82, 2.24) is 4.31 Å². The molecule has 1 amide bonds. The quantitative estimate of drug-likeness (QED) is 0.897. The summed E-state index contributed by atoms with van der Waals surface area (Å²) < 4.78 is 32.7. The average molecular weight is 372 g/mol. The van der Waals surface area contributed by atoms with Crippen LogP contribution in [-0.4, -0.2) is 38.8 Å². The lowest BCUT2D eigenvalue weighted by Crippen LogP contribution is -2.39. The van der Waals surface area contributed by atoms with Crippen molar-refractivity contribution in [2.45, 2.75) is 23.7 Å². The number of rotatable bonds is 3. The van der Waals surface area contributed by atoms with Crippen molar-refractivity contribution in [3.8, 4) is 5.75 Å². The molecule has 1 spiro atoms. The number of methoxy groups -OCH3 is 1.